The zero-order valence-corrected chi connectivity index (χ0v) is 15.1. The van der Waals surface area contributed by atoms with Gasteiger partial charge in [0.15, 0.2) is 0 Å². The predicted octanol–water partition coefficient (Wildman–Crippen LogP) is 3.76. The lowest BCUT2D eigenvalue weighted by Crippen LogP contribution is -2.20. The Labute approximate surface area is 147 Å². The van der Waals surface area contributed by atoms with Crippen molar-refractivity contribution < 1.29 is 4.52 Å². The standard InChI is InChI=1S/C20H23N3O2/c1-13(2)10-18-16(6-5-9-21-18)11-23-12-17(7-8-19(23)24)20-14(3)22-25-15(20)4/h5-9,12-13H,10-11H2,1-4H3. The van der Waals surface area contributed by atoms with Crippen molar-refractivity contribution in [1.82, 2.24) is 14.7 Å². The van der Waals surface area contributed by atoms with Gasteiger partial charge in [-0.2, -0.15) is 0 Å². The van der Waals surface area contributed by atoms with Gasteiger partial charge in [-0.05, 0) is 43.9 Å². The van der Waals surface area contributed by atoms with Crippen LogP contribution in [0.15, 0.2) is 46.0 Å². The van der Waals surface area contributed by atoms with E-state index in [0.29, 0.717) is 12.5 Å². The van der Waals surface area contributed by atoms with Gasteiger partial charge in [-0.15, -0.1) is 0 Å². The molecule has 0 aliphatic rings. The largest absolute Gasteiger partial charge is 0.361 e. The predicted molar refractivity (Wildman–Crippen MR) is 97.6 cm³/mol. The molecular weight excluding hydrogens is 314 g/mol. The van der Waals surface area contributed by atoms with Gasteiger partial charge in [-0.25, -0.2) is 0 Å². The Bertz CT molecular complexity index is 919. The molecule has 5 nitrogen and oxygen atoms in total. The van der Waals surface area contributed by atoms with Crippen LogP contribution in [0.4, 0.5) is 0 Å². The van der Waals surface area contributed by atoms with Crippen molar-refractivity contribution in [1.29, 1.82) is 0 Å². The van der Waals surface area contributed by atoms with Gasteiger partial charge in [0.1, 0.15) is 5.76 Å². The molecule has 0 atom stereocenters. The van der Waals surface area contributed by atoms with Gasteiger partial charge in [0, 0.05) is 35.3 Å². The van der Waals surface area contributed by atoms with Gasteiger partial charge in [-0.1, -0.05) is 25.1 Å². The van der Waals surface area contributed by atoms with Crippen LogP contribution in [0.1, 0.15) is 36.6 Å². The summed E-state index contributed by atoms with van der Waals surface area (Å²) in [6.45, 7) is 8.63. The molecule has 130 valence electrons. The van der Waals surface area contributed by atoms with Crippen LogP contribution in [0.3, 0.4) is 0 Å². The summed E-state index contributed by atoms with van der Waals surface area (Å²) in [5.41, 5.74) is 4.80. The first-order valence-corrected chi connectivity index (χ1v) is 8.52. The maximum absolute atomic E-state index is 12.4. The molecule has 0 aliphatic carbocycles. The summed E-state index contributed by atoms with van der Waals surface area (Å²) >= 11 is 0. The molecule has 5 heteroatoms. The Morgan fingerprint density at radius 1 is 1.20 bits per heavy atom. The first-order chi connectivity index (χ1) is 12.0. The van der Waals surface area contributed by atoms with Crippen LogP contribution in [0.5, 0.6) is 0 Å². The highest BCUT2D eigenvalue weighted by atomic mass is 16.5. The minimum atomic E-state index is -0.0325. The van der Waals surface area contributed by atoms with E-state index < -0.39 is 0 Å². The fraction of sp³-hybridized carbons (Fsp3) is 0.350. The summed E-state index contributed by atoms with van der Waals surface area (Å²) in [7, 11) is 0. The van der Waals surface area contributed by atoms with Gasteiger partial charge in [0.05, 0.1) is 12.2 Å². The van der Waals surface area contributed by atoms with Gasteiger partial charge in [-0.3, -0.25) is 9.78 Å². The molecule has 0 aromatic carbocycles. The van der Waals surface area contributed by atoms with Crippen LogP contribution in [0.25, 0.3) is 11.1 Å². The smallest absolute Gasteiger partial charge is 0.250 e. The highest BCUT2D eigenvalue weighted by molar-refractivity contribution is 5.66. The van der Waals surface area contributed by atoms with E-state index in [9.17, 15) is 4.79 Å². The van der Waals surface area contributed by atoms with Gasteiger partial charge in [0.25, 0.3) is 5.56 Å². The summed E-state index contributed by atoms with van der Waals surface area (Å²) in [6, 6.07) is 7.38. The molecule has 3 rings (SSSR count). The molecule has 3 aromatic rings. The molecule has 0 bridgehead atoms. The van der Waals surface area contributed by atoms with Crippen molar-refractivity contribution in [3.05, 3.63) is 69.7 Å². The van der Waals surface area contributed by atoms with Crippen molar-refractivity contribution in [3.8, 4) is 11.1 Å². The van der Waals surface area contributed by atoms with Crippen molar-refractivity contribution in [2.45, 2.75) is 40.7 Å². The Hall–Kier alpha value is -2.69. The van der Waals surface area contributed by atoms with E-state index in [1.807, 2.05) is 44.4 Å². The van der Waals surface area contributed by atoms with Crippen LogP contribution >= 0.6 is 0 Å². The number of rotatable bonds is 5. The van der Waals surface area contributed by atoms with Crippen LogP contribution in [-0.4, -0.2) is 14.7 Å². The fourth-order valence-electron chi connectivity index (χ4n) is 3.07. The Morgan fingerprint density at radius 3 is 2.68 bits per heavy atom. The van der Waals surface area contributed by atoms with Gasteiger partial charge >= 0.3 is 0 Å². The molecule has 25 heavy (non-hydrogen) atoms. The van der Waals surface area contributed by atoms with Crippen molar-refractivity contribution in [2.24, 2.45) is 5.92 Å². The van der Waals surface area contributed by atoms with E-state index in [0.717, 1.165) is 40.3 Å². The maximum atomic E-state index is 12.4. The third-order valence-electron chi connectivity index (χ3n) is 4.23. The summed E-state index contributed by atoms with van der Waals surface area (Å²) < 4.78 is 6.98. The molecule has 0 N–H and O–H groups in total. The van der Waals surface area contributed by atoms with Crippen LogP contribution < -0.4 is 5.56 Å². The first kappa shape index (κ1) is 17.1. The maximum Gasteiger partial charge on any atom is 0.250 e. The minimum Gasteiger partial charge on any atom is -0.361 e. The molecule has 0 unspecified atom stereocenters. The normalized spacial score (nSPS) is 11.2. The van der Waals surface area contributed by atoms with Gasteiger partial charge in [0.2, 0.25) is 0 Å². The molecule has 0 saturated heterocycles. The number of nitrogens with zero attached hydrogens (tertiary/aromatic N) is 3. The van der Waals surface area contributed by atoms with Crippen LogP contribution in [-0.2, 0) is 13.0 Å². The van der Waals surface area contributed by atoms with E-state index in [2.05, 4.69) is 24.0 Å². The zero-order valence-electron chi connectivity index (χ0n) is 15.1. The van der Waals surface area contributed by atoms with E-state index in [-0.39, 0.29) is 5.56 Å². The number of aryl methyl sites for hydroxylation is 2. The molecule has 3 heterocycles. The van der Waals surface area contributed by atoms with Crippen molar-refractivity contribution in [2.75, 3.05) is 0 Å². The minimum absolute atomic E-state index is 0.0325. The summed E-state index contributed by atoms with van der Waals surface area (Å²) in [5.74, 6) is 1.27. The van der Waals surface area contributed by atoms with Gasteiger partial charge < -0.3 is 9.09 Å². The average molecular weight is 337 g/mol. The van der Waals surface area contributed by atoms with Crippen LogP contribution in [0.2, 0.25) is 0 Å². The van der Waals surface area contributed by atoms with E-state index in [1.165, 1.54) is 0 Å². The highest BCUT2D eigenvalue weighted by Crippen LogP contribution is 2.26. The van der Waals surface area contributed by atoms with E-state index in [1.54, 1.807) is 10.6 Å². The zero-order chi connectivity index (χ0) is 18.0. The van der Waals surface area contributed by atoms with E-state index in [4.69, 9.17) is 4.52 Å². The number of pyridine rings is 2. The molecule has 0 saturated carbocycles. The first-order valence-electron chi connectivity index (χ1n) is 8.52. The lowest BCUT2D eigenvalue weighted by Gasteiger charge is -2.13. The fourth-order valence-corrected chi connectivity index (χ4v) is 3.07. The summed E-state index contributed by atoms with van der Waals surface area (Å²) in [5, 5.41) is 4.00. The quantitative estimate of drug-likeness (QED) is 0.711. The van der Waals surface area contributed by atoms with Crippen molar-refractivity contribution in [3.63, 3.8) is 0 Å². The summed E-state index contributed by atoms with van der Waals surface area (Å²) in [6.07, 6.45) is 4.58. The second kappa shape index (κ2) is 7.05. The average Bonchev–Trinajstić information content (AvgIpc) is 2.90. The third kappa shape index (κ3) is 3.71. The second-order valence-corrected chi connectivity index (χ2v) is 6.79. The number of aromatic nitrogens is 3. The lowest BCUT2D eigenvalue weighted by atomic mass is 10.0. The molecule has 0 amide bonds. The molecule has 0 fully saturated rings. The Kier molecular flexibility index (Phi) is 4.83. The molecular formula is C20H23N3O2. The topological polar surface area (TPSA) is 60.9 Å². The Balaban J connectivity index is 1.99. The number of hydrogen-bond acceptors (Lipinski definition) is 4. The monoisotopic (exact) mass is 337 g/mol. The molecule has 3 aromatic heterocycles. The SMILES string of the molecule is Cc1noc(C)c1-c1ccc(=O)n(Cc2cccnc2CC(C)C)c1. The molecule has 0 aliphatic heterocycles. The number of hydrogen-bond donors (Lipinski definition) is 0. The van der Waals surface area contributed by atoms with E-state index >= 15 is 0 Å². The molecule has 0 radical (unpaired) electrons. The highest BCUT2D eigenvalue weighted by Gasteiger charge is 2.13. The Morgan fingerprint density at radius 2 is 2.00 bits per heavy atom. The summed E-state index contributed by atoms with van der Waals surface area (Å²) in [4.78, 5) is 16.9. The lowest BCUT2D eigenvalue weighted by molar-refractivity contribution is 0.393. The van der Waals surface area contributed by atoms with Crippen molar-refractivity contribution >= 4 is 0 Å². The van der Waals surface area contributed by atoms with Crippen LogP contribution in [0, 0.1) is 19.8 Å². The second-order valence-electron chi connectivity index (χ2n) is 6.79. The molecule has 0 spiro atoms. The third-order valence-corrected chi connectivity index (χ3v) is 4.23.